The summed E-state index contributed by atoms with van der Waals surface area (Å²) in [6.45, 7) is 3.05. The molecule has 0 aliphatic carbocycles. The van der Waals surface area contributed by atoms with Crippen LogP contribution in [-0.2, 0) is 23.6 Å². The molecular weight excluding hydrogens is 458 g/mol. The first-order valence-electron chi connectivity index (χ1n) is 11.1. The molecule has 2 aromatic heterocycles. The van der Waals surface area contributed by atoms with Crippen LogP contribution in [0.15, 0.2) is 46.3 Å². The van der Waals surface area contributed by atoms with E-state index in [1.807, 2.05) is 28.7 Å². The summed E-state index contributed by atoms with van der Waals surface area (Å²) >= 11 is 1.39. The first kappa shape index (κ1) is 22.4. The SMILES string of the molecule is CCCCCn1c(=O)c2ccccc2n2c(SCc3cc([N+](=O)[O-])cc4c3OCOC4)nnc12. The highest BCUT2D eigenvalue weighted by Crippen LogP contribution is 2.36. The molecule has 10 nitrogen and oxygen atoms in total. The third kappa shape index (κ3) is 4.01. The van der Waals surface area contributed by atoms with Crippen LogP contribution in [0.5, 0.6) is 5.75 Å². The number of nitro groups is 1. The zero-order valence-corrected chi connectivity index (χ0v) is 19.4. The van der Waals surface area contributed by atoms with Gasteiger partial charge in [0.25, 0.3) is 11.2 Å². The summed E-state index contributed by atoms with van der Waals surface area (Å²) in [5.41, 5.74) is 1.98. The molecule has 0 amide bonds. The molecule has 0 saturated carbocycles. The lowest BCUT2D eigenvalue weighted by atomic mass is 10.1. The van der Waals surface area contributed by atoms with Crippen LogP contribution in [0.2, 0.25) is 0 Å². The first-order chi connectivity index (χ1) is 16.6. The van der Waals surface area contributed by atoms with Crippen LogP contribution >= 0.6 is 11.8 Å². The summed E-state index contributed by atoms with van der Waals surface area (Å²) in [5.74, 6) is 1.49. The Bertz CT molecular complexity index is 1450. The number of aromatic nitrogens is 4. The maximum Gasteiger partial charge on any atom is 0.270 e. The lowest BCUT2D eigenvalue weighted by Gasteiger charge is -2.20. The zero-order valence-electron chi connectivity index (χ0n) is 18.6. The van der Waals surface area contributed by atoms with Gasteiger partial charge in [0, 0.05) is 35.6 Å². The van der Waals surface area contributed by atoms with Gasteiger partial charge < -0.3 is 9.47 Å². The summed E-state index contributed by atoms with van der Waals surface area (Å²) < 4.78 is 14.5. The molecule has 3 heterocycles. The fourth-order valence-electron chi connectivity index (χ4n) is 4.18. The van der Waals surface area contributed by atoms with Gasteiger partial charge in [-0.25, -0.2) is 0 Å². The number of rotatable bonds is 8. The number of hydrogen-bond donors (Lipinski definition) is 0. The molecular formula is C23H23N5O5S. The van der Waals surface area contributed by atoms with Gasteiger partial charge in [0.05, 0.1) is 22.4 Å². The van der Waals surface area contributed by atoms with E-state index in [9.17, 15) is 14.9 Å². The maximum absolute atomic E-state index is 13.2. The monoisotopic (exact) mass is 481 g/mol. The van der Waals surface area contributed by atoms with E-state index < -0.39 is 4.92 Å². The van der Waals surface area contributed by atoms with Gasteiger partial charge in [-0.2, -0.15) is 0 Å². The number of aryl methyl sites for hydroxylation is 1. The van der Waals surface area contributed by atoms with Crippen molar-refractivity contribution in [2.24, 2.45) is 0 Å². The Morgan fingerprint density at radius 1 is 1.21 bits per heavy atom. The molecule has 176 valence electrons. The van der Waals surface area contributed by atoms with Crippen LogP contribution in [0.1, 0.15) is 37.3 Å². The lowest BCUT2D eigenvalue weighted by Crippen LogP contribution is -2.23. The minimum atomic E-state index is -0.419. The highest BCUT2D eigenvalue weighted by molar-refractivity contribution is 7.98. The average molecular weight is 482 g/mol. The number of hydrogen-bond acceptors (Lipinski definition) is 8. The van der Waals surface area contributed by atoms with E-state index >= 15 is 0 Å². The van der Waals surface area contributed by atoms with Gasteiger partial charge in [0.15, 0.2) is 11.9 Å². The molecule has 5 rings (SSSR count). The normalized spacial score (nSPS) is 13.2. The van der Waals surface area contributed by atoms with E-state index in [2.05, 4.69) is 17.1 Å². The molecule has 1 aliphatic rings. The molecule has 0 bridgehead atoms. The van der Waals surface area contributed by atoms with Gasteiger partial charge in [0.1, 0.15) is 5.75 Å². The molecule has 0 atom stereocenters. The quantitative estimate of drug-likeness (QED) is 0.158. The lowest BCUT2D eigenvalue weighted by molar-refractivity contribution is -0.385. The largest absolute Gasteiger partial charge is 0.467 e. The van der Waals surface area contributed by atoms with Gasteiger partial charge >= 0.3 is 0 Å². The highest BCUT2D eigenvalue weighted by Gasteiger charge is 2.22. The number of nitro benzene ring substituents is 1. The molecule has 11 heteroatoms. The Labute approximate surface area is 198 Å². The van der Waals surface area contributed by atoms with Gasteiger partial charge in [-0.3, -0.25) is 23.9 Å². The zero-order chi connectivity index (χ0) is 23.7. The number of nitrogens with zero attached hydrogens (tertiary/aromatic N) is 5. The third-order valence-corrected chi connectivity index (χ3v) is 6.78. The Morgan fingerprint density at radius 3 is 2.88 bits per heavy atom. The minimum Gasteiger partial charge on any atom is -0.467 e. The Kier molecular flexibility index (Phi) is 6.20. The molecule has 0 fully saturated rings. The van der Waals surface area contributed by atoms with Crippen molar-refractivity contribution < 1.29 is 14.4 Å². The predicted molar refractivity (Wildman–Crippen MR) is 127 cm³/mol. The standard InChI is InChI=1S/C23H23N5O5S/c1-2-3-6-9-26-21(29)18-7-4-5-8-19(18)27-22(26)24-25-23(27)34-13-16-11-17(28(30)31)10-15-12-32-14-33-20(15)16/h4-5,7-8,10-11H,2-3,6,9,12-14H2,1H3. The number of para-hydroxylation sites is 1. The van der Waals surface area contributed by atoms with Crippen LogP contribution in [0.25, 0.3) is 16.7 Å². The van der Waals surface area contributed by atoms with Crippen molar-refractivity contribution in [1.82, 2.24) is 19.2 Å². The summed E-state index contributed by atoms with van der Waals surface area (Å²) in [6.07, 6.45) is 2.94. The molecule has 0 saturated heterocycles. The molecule has 4 aromatic rings. The molecule has 0 N–H and O–H groups in total. The van der Waals surface area contributed by atoms with Crippen molar-refractivity contribution in [3.8, 4) is 5.75 Å². The number of benzene rings is 2. The van der Waals surface area contributed by atoms with Crippen molar-refractivity contribution >= 4 is 34.1 Å². The van der Waals surface area contributed by atoms with Crippen molar-refractivity contribution in [3.05, 3.63) is 68.0 Å². The van der Waals surface area contributed by atoms with Crippen molar-refractivity contribution in [2.75, 3.05) is 6.79 Å². The van der Waals surface area contributed by atoms with E-state index in [1.165, 1.54) is 23.9 Å². The predicted octanol–water partition coefficient (Wildman–Crippen LogP) is 4.30. The second kappa shape index (κ2) is 9.43. The van der Waals surface area contributed by atoms with E-state index in [0.29, 0.717) is 45.5 Å². The van der Waals surface area contributed by atoms with Crippen molar-refractivity contribution in [1.29, 1.82) is 0 Å². The highest BCUT2D eigenvalue weighted by atomic mass is 32.2. The number of fused-ring (bicyclic) bond motifs is 4. The summed E-state index contributed by atoms with van der Waals surface area (Å²) in [7, 11) is 0. The van der Waals surface area contributed by atoms with Crippen LogP contribution in [0.4, 0.5) is 5.69 Å². The Balaban J connectivity index is 1.57. The van der Waals surface area contributed by atoms with E-state index in [-0.39, 0.29) is 24.6 Å². The number of ether oxygens (including phenoxy) is 2. The summed E-state index contributed by atoms with van der Waals surface area (Å²) in [5, 5.41) is 21.4. The van der Waals surface area contributed by atoms with Crippen LogP contribution in [0.3, 0.4) is 0 Å². The fourth-order valence-corrected chi connectivity index (χ4v) is 5.09. The minimum absolute atomic E-state index is 0.00948. The molecule has 0 spiro atoms. The van der Waals surface area contributed by atoms with Gasteiger partial charge in [-0.1, -0.05) is 43.7 Å². The molecule has 1 aliphatic heterocycles. The number of thioether (sulfide) groups is 1. The molecule has 0 unspecified atom stereocenters. The number of unbranched alkanes of at least 4 members (excludes halogenated alkanes) is 2. The van der Waals surface area contributed by atoms with Crippen LogP contribution in [0, 0.1) is 10.1 Å². The smallest absolute Gasteiger partial charge is 0.270 e. The molecule has 0 radical (unpaired) electrons. The molecule has 34 heavy (non-hydrogen) atoms. The van der Waals surface area contributed by atoms with Crippen molar-refractivity contribution in [3.63, 3.8) is 0 Å². The van der Waals surface area contributed by atoms with E-state index in [4.69, 9.17) is 9.47 Å². The van der Waals surface area contributed by atoms with Crippen LogP contribution in [-0.4, -0.2) is 30.9 Å². The fraction of sp³-hybridized carbons (Fsp3) is 0.348. The number of non-ortho nitro benzene ring substituents is 1. The van der Waals surface area contributed by atoms with E-state index in [0.717, 1.165) is 24.8 Å². The summed E-state index contributed by atoms with van der Waals surface area (Å²) in [6, 6.07) is 10.4. The van der Waals surface area contributed by atoms with Crippen molar-refractivity contribution in [2.45, 2.75) is 50.2 Å². The summed E-state index contributed by atoms with van der Waals surface area (Å²) in [4.78, 5) is 24.2. The second-order valence-corrected chi connectivity index (χ2v) is 8.99. The van der Waals surface area contributed by atoms with Gasteiger partial charge in [-0.05, 0) is 18.6 Å². The van der Waals surface area contributed by atoms with Crippen LogP contribution < -0.4 is 10.3 Å². The maximum atomic E-state index is 13.2. The topological polar surface area (TPSA) is 114 Å². The second-order valence-electron chi connectivity index (χ2n) is 8.05. The molecule has 2 aromatic carbocycles. The Morgan fingerprint density at radius 2 is 2.06 bits per heavy atom. The van der Waals surface area contributed by atoms with Gasteiger partial charge in [0.2, 0.25) is 5.78 Å². The first-order valence-corrected chi connectivity index (χ1v) is 12.1. The average Bonchev–Trinajstić information content (AvgIpc) is 3.28. The Hall–Kier alpha value is -3.44. The van der Waals surface area contributed by atoms with Gasteiger partial charge in [-0.15, -0.1) is 10.2 Å². The van der Waals surface area contributed by atoms with E-state index in [1.54, 1.807) is 4.57 Å². The third-order valence-electron chi connectivity index (χ3n) is 5.80.